The van der Waals surface area contributed by atoms with E-state index in [0.29, 0.717) is 22.8 Å². The summed E-state index contributed by atoms with van der Waals surface area (Å²) in [5, 5.41) is 21.5. The number of halogens is 3. The Morgan fingerprint density at radius 3 is 2.36 bits per heavy atom. The highest BCUT2D eigenvalue weighted by Crippen LogP contribution is 2.42. The summed E-state index contributed by atoms with van der Waals surface area (Å²) in [6.45, 7) is 2.15. The summed E-state index contributed by atoms with van der Waals surface area (Å²) in [5.74, 6) is -1.23. The first-order valence-electron chi connectivity index (χ1n) is 15.6. The normalized spacial score (nSPS) is 23.1. The zero-order valence-corrected chi connectivity index (χ0v) is 26.8. The molecule has 12 heteroatoms. The van der Waals surface area contributed by atoms with Crippen molar-refractivity contribution >= 4 is 23.6 Å². The Labute approximate surface area is 276 Å². The van der Waals surface area contributed by atoms with Crippen molar-refractivity contribution < 1.29 is 42.4 Å². The number of thioether (sulfide) groups is 1. The number of hydrogen-bond donors (Lipinski definition) is 3. The molecule has 0 aliphatic carbocycles. The van der Waals surface area contributed by atoms with E-state index in [9.17, 15) is 33.0 Å². The number of carbonyl (C=O) groups is 2. The summed E-state index contributed by atoms with van der Waals surface area (Å²) in [7, 11) is 0. The van der Waals surface area contributed by atoms with Gasteiger partial charge < -0.3 is 29.9 Å². The Balaban J connectivity index is 1.26. The zero-order valence-electron chi connectivity index (χ0n) is 26.0. The molecule has 2 amide bonds. The molecule has 5 atom stereocenters. The number of ether oxygens (including phenoxy) is 2. The summed E-state index contributed by atoms with van der Waals surface area (Å²) < 4.78 is 51.9. The fraction of sp³-hybridized carbons (Fsp3) is 0.429. The third-order valence-corrected chi connectivity index (χ3v) is 9.65. The van der Waals surface area contributed by atoms with Gasteiger partial charge in [-0.3, -0.25) is 9.59 Å². The SMILES string of the molecule is CC1C(CSCCO)OC(c2ccc(-c3cccc(CNC(=O)C4CCCN4C(=O)C(F)(F)F)c3)cc2)OC1c1ccc(CO)cc1. The summed E-state index contributed by atoms with van der Waals surface area (Å²) in [6.07, 6.45) is -5.48. The average molecular weight is 673 g/mol. The van der Waals surface area contributed by atoms with Gasteiger partial charge in [-0.05, 0) is 46.7 Å². The van der Waals surface area contributed by atoms with Gasteiger partial charge in [-0.1, -0.05) is 73.7 Å². The van der Waals surface area contributed by atoms with Crippen LogP contribution in [0.2, 0.25) is 0 Å². The number of amides is 2. The fourth-order valence-electron chi connectivity index (χ4n) is 6.02. The molecule has 2 fully saturated rings. The Morgan fingerprint density at radius 1 is 0.957 bits per heavy atom. The Morgan fingerprint density at radius 2 is 1.68 bits per heavy atom. The summed E-state index contributed by atoms with van der Waals surface area (Å²) in [6, 6.07) is 21.9. The molecule has 2 saturated heterocycles. The number of aliphatic hydroxyl groups is 2. The predicted molar refractivity (Wildman–Crippen MR) is 172 cm³/mol. The van der Waals surface area contributed by atoms with Crippen LogP contribution < -0.4 is 5.32 Å². The van der Waals surface area contributed by atoms with Gasteiger partial charge in [0.05, 0.1) is 25.4 Å². The van der Waals surface area contributed by atoms with Crippen LogP contribution in [0, 0.1) is 5.92 Å². The van der Waals surface area contributed by atoms with E-state index in [1.165, 1.54) is 0 Å². The van der Waals surface area contributed by atoms with Gasteiger partial charge in [0.1, 0.15) is 6.04 Å². The number of benzene rings is 3. The highest BCUT2D eigenvalue weighted by molar-refractivity contribution is 7.99. The van der Waals surface area contributed by atoms with Crippen LogP contribution in [0.25, 0.3) is 11.1 Å². The monoisotopic (exact) mass is 672 g/mol. The number of nitrogens with zero attached hydrogens (tertiary/aromatic N) is 1. The first-order valence-corrected chi connectivity index (χ1v) is 16.8. The molecule has 5 rings (SSSR count). The quantitative estimate of drug-likeness (QED) is 0.230. The largest absolute Gasteiger partial charge is 0.471 e. The lowest BCUT2D eigenvalue weighted by Crippen LogP contribution is -2.50. The molecule has 2 aliphatic heterocycles. The highest BCUT2D eigenvalue weighted by Gasteiger charge is 2.47. The van der Waals surface area contributed by atoms with Crippen molar-refractivity contribution in [3.63, 3.8) is 0 Å². The summed E-state index contributed by atoms with van der Waals surface area (Å²) in [4.78, 5) is 25.1. The molecule has 47 heavy (non-hydrogen) atoms. The van der Waals surface area contributed by atoms with Crippen LogP contribution in [0.5, 0.6) is 0 Å². The topological polar surface area (TPSA) is 108 Å². The molecule has 2 heterocycles. The van der Waals surface area contributed by atoms with Crippen molar-refractivity contribution in [2.24, 2.45) is 5.92 Å². The summed E-state index contributed by atoms with van der Waals surface area (Å²) >= 11 is 1.63. The van der Waals surface area contributed by atoms with E-state index in [4.69, 9.17) is 9.47 Å². The molecule has 0 aromatic heterocycles. The Kier molecular flexibility index (Phi) is 11.6. The number of alkyl halides is 3. The van der Waals surface area contributed by atoms with E-state index in [1.807, 2.05) is 72.8 Å². The molecule has 3 N–H and O–H groups in total. The lowest BCUT2D eigenvalue weighted by molar-refractivity contribution is -0.268. The van der Waals surface area contributed by atoms with E-state index in [-0.39, 0.29) is 50.8 Å². The third-order valence-electron chi connectivity index (χ3n) is 8.61. The number of carbonyl (C=O) groups excluding carboxylic acids is 2. The minimum Gasteiger partial charge on any atom is -0.396 e. The molecule has 0 bridgehead atoms. The van der Waals surface area contributed by atoms with E-state index in [2.05, 4.69) is 12.2 Å². The number of likely N-dealkylation sites (tertiary alicyclic amines) is 1. The molecule has 252 valence electrons. The number of hydrogen-bond acceptors (Lipinski definition) is 7. The van der Waals surface area contributed by atoms with Crippen molar-refractivity contribution in [1.29, 1.82) is 0 Å². The molecule has 2 aliphatic rings. The third kappa shape index (κ3) is 8.55. The molecule has 3 aromatic rings. The van der Waals surface area contributed by atoms with Crippen LogP contribution in [-0.4, -0.2) is 69.9 Å². The number of nitrogens with one attached hydrogen (secondary N) is 1. The highest BCUT2D eigenvalue weighted by atomic mass is 32.2. The predicted octanol–water partition coefficient (Wildman–Crippen LogP) is 5.53. The minimum absolute atomic E-state index is 0.0376. The van der Waals surface area contributed by atoms with Gasteiger partial charge in [-0.25, -0.2) is 0 Å². The van der Waals surface area contributed by atoms with E-state index >= 15 is 0 Å². The maximum Gasteiger partial charge on any atom is 0.471 e. The van der Waals surface area contributed by atoms with Gasteiger partial charge in [-0.2, -0.15) is 24.9 Å². The van der Waals surface area contributed by atoms with Crippen LogP contribution in [0.15, 0.2) is 72.8 Å². The van der Waals surface area contributed by atoms with Gasteiger partial charge in [0.25, 0.3) is 0 Å². The van der Waals surface area contributed by atoms with Gasteiger partial charge in [-0.15, -0.1) is 0 Å². The van der Waals surface area contributed by atoms with Crippen LogP contribution in [-0.2, 0) is 32.2 Å². The van der Waals surface area contributed by atoms with Gasteiger partial charge >= 0.3 is 12.1 Å². The van der Waals surface area contributed by atoms with E-state index in [1.54, 1.807) is 11.8 Å². The van der Waals surface area contributed by atoms with Crippen LogP contribution in [0.1, 0.15) is 54.4 Å². The molecule has 5 unspecified atom stereocenters. The second-order valence-corrected chi connectivity index (χ2v) is 13.0. The maximum atomic E-state index is 13.0. The molecular formula is C35H39F3N2O6S. The Hall–Kier alpha value is -3.42. The van der Waals surface area contributed by atoms with Crippen molar-refractivity contribution in [3.05, 3.63) is 95.1 Å². The molecule has 3 aromatic carbocycles. The molecule has 0 spiro atoms. The number of rotatable bonds is 11. The first-order chi connectivity index (χ1) is 22.6. The molecule has 8 nitrogen and oxygen atoms in total. The second kappa shape index (κ2) is 15.7. The van der Waals surface area contributed by atoms with Crippen molar-refractivity contribution in [3.8, 4) is 11.1 Å². The smallest absolute Gasteiger partial charge is 0.396 e. The molecule has 0 saturated carbocycles. The van der Waals surface area contributed by atoms with Gasteiger partial charge in [0.2, 0.25) is 5.91 Å². The van der Waals surface area contributed by atoms with Crippen molar-refractivity contribution in [1.82, 2.24) is 10.2 Å². The minimum atomic E-state index is -5.02. The second-order valence-electron chi connectivity index (χ2n) is 11.8. The lowest BCUT2D eigenvalue weighted by atomic mass is 9.91. The standard InChI is InChI=1S/C35H39F3N2O6S/c1-22-30(21-47-17-16-41)45-33(46-31(22)26-9-7-23(20-42)8-10-26)27-13-11-25(12-14-27)28-5-2-4-24(18-28)19-39-32(43)29-6-3-15-40(29)34(44)35(36,37)38/h2,4-5,7-14,18,22,29-31,33,41-42H,3,6,15-17,19-21H2,1H3,(H,39,43). The van der Waals surface area contributed by atoms with Gasteiger partial charge in [0.15, 0.2) is 6.29 Å². The van der Waals surface area contributed by atoms with Crippen molar-refractivity contribution in [2.75, 3.05) is 24.7 Å². The molecule has 0 radical (unpaired) electrons. The fourth-order valence-corrected chi connectivity index (χ4v) is 6.93. The van der Waals surface area contributed by atoms with E-state index < -0.39 is 30.3 Å². The van der Waals surface area contributed by atoms with Crippen LogP contribution >= 0.6 is 11.8 Å². The van der Waals surface area contributed by atoms with Crippen LogP contribution in [0.4, 0.5) is 13.2 Å². The van der Waals surface area contributed by atoms with Gasteiger partial charge in [0, 0.05) is 36.1 Å². The average Bonchev–Trinajstić information content (AvgIpc) is 3.58. The first kappa shape index (κ1) is 34.9. The summed E-state index contributed by atoms with van der Waals surface area (Å²) in [5.41, 5.74) is 5.21. The Bertz CT molecular complexity index is 1500. The van der Waals surface area contributed by atoms with E-state index in [0.717, 1.165) is 33.4 Å². The maximum absolute atomic E-state index is 13.0. The number of aliphatic hydroxyl groups excluding tert-OH is 2. The molecular weight excluding hydrogens is 633 g/mol. The lowest BCUT2D eigenvalue weighted by Gasteiger charge is -2.41. The van der Waals surface area contributed by atoms with Crippen LogP contribution in [0.3, 0.4) is 0 Å². The zero-order chi connectivity index (χ0) is 33.6. The van der Waals surface area contributed by atoms with Crippen molar-refractivity contribution in [2.45, 2.75) is 63.6 Å².